The van der Waals surface area contributed by atoms with Crippen LogP contribution in [-0.4, -0.2) is 6.61 Å². The Morgan fingerprint density at radius 1 is 1.41 bits per heavy atom. The molecule has 0 fully saturated rings. The lowest BCUT2D eigenvalue weighted by molar-refractivity contribution is 0.114. The molecule has 0 spiro atoms. The minimum atomic E-state index is -0.329. The monoisotopic (exact) mass is 235 g/mol. The van der Waals surface area contributed by atoms with Gasteiger partial charge in [-0.05, 0) is 42.5 Å². The van der Waals surface area contributed by atoms with Crippen molar-refractivity contribution in [2.75, 3.05) is 6.61 Å². The highest BCUT2D eigenvalue weighted by Gasteiger charge is 2.04. The molecule has 0 atom stereocenters. The molecule has 92 valence electrons. The van der Waals surface area contributed by atoms with Crippen LogP contribution in [0.1, 0.15) is 37.8 Å². The summed E-state index contributed by atoms with van der Waals surface area (Å²) in [5.41, 5.74) is 1.10. The minimum absolute atomic E-state index is 0.304. The number of ether oxygens (including phenoxy) is 1. The van der Waals surface area contributed by atoms with Crippen LogP contribution in [0, 0.1) is 23.1 Å². The van der Waals surface area contributed by atoms with Gasteiger partial charge < -0.3 is 4.74 Å². The van der Waals surface area contributed by atoms with Crippen LogP contribution >= 0.6 is 0 Å². The van der Waals surface area contributed by atoms with Gasteiger partial charge in [-0.1, -0.05) is 13.8 Å². The second-order valence-electron chi connectivity index (χ2n) is 4.50. The molecule has 0 bridgehead atoms. The molecule has 0 aliphatic carbocycles. The van der Waals surface area contributed by atoms with Crippen LogP contribution in [0.3, 0.4) is 0 Å². The predicted octanol–water partition coefficient (Wildman–Crippen LogP) is 3.65. The molecule has 0 unspecified atom stereocenters. The molecule has 0 amide bonds. The first-order chi connectivity index (χ1) is 8.13. The molecule has 0 heterocycles. The second kappa shape index (κ2) is 7.03. The summed E-state index contributed by atoms with van der Waals surface area (Å²) in [7, 11) is 0. The quantitative estimate of drug-likeness (QED) is 0.705. The van der Waals surface area contributed by atoms with Gasteiger partial charge >= 0.3 is 0 Å². The Morgan fingerprint density at radius 2 is 2.18 bits per heavy atom. The Bertz CT molecular complexity index is 396. The topological polar surface area (TPSA) is 33.0 Å². The molecule has 1 rings (SSSR count). The van der Waals surface area contributed by atoms with E-state index < -0.39 is 0 Å². The Morgan fingerprint density at radius 3 is 2.82 bits per heavy atom. The summed E-state index contributed by atoms with van der Waals surface area (Å²) < 4.78 is 18.4. The second-order valence-corrected chi connectivity index (χ2v) is 4.50. The molecule has 0 radical (unpaired) electrons. The van der Waals surface area contributed by atoms with Gasteiger partial charge in [-0.15, -0.1) is 0 Å². The van der Waals surface area contributed by atoms with E-state index in [9.17, 15) is 4.39 Å². The fourth-order valence-corrected chi connectivity index (χ4v) is 1.57. The maximum atomic E-state index is 13.0. The van der Waals surface area contributed by atoms with E-state index >= 15 is 0 Å². The van der Waals surface area contributed by atoms with Crippen molar-refractivity contribution in [3.8, 4) is 6.07 Å². The van der Waals surface area contributed by atoms with Crippen molar-refractivity contribution in [1.29, 1.82) is 5.26 Å². The Balaban J connectivity index is 2.41. The van der Waals surface area contributed by atoms with Gasteiger partial charge in [0.2, 0.25) is 0 Å². The third kappa shape index (κ3) is 4.97. The Hall–Kier alpha value is -1.40. The van der Waals surface area contributed by atoms with Gasteiger partial charge in [0.05, 0.1) is 18.2 Å². The third-order valence-electron chi connectivity index (χ3n) is 2.52. The molecule has 1 aromatic rings. The first-order valence-corrected chi connectivity index (χ1v) is 5.89. The highest BCUT2D eigenvalue weighted by Crippen LogP contribution is 2.12. The molecule has 17 heavy (non-hydrogen) atoms. The van der Waals surface area contributed by atoms with E-state index in [0.29, 0.717) is 30.3 Å². The number of hydrogen-bond acceptors (Lipinski definition) is 2. The van der Waals surface area contributed by atoms with Gasteiger partial charge in [0, 0.05) is 6.61 Å². The van der Waals surface area contributed by atoms with E-state index in [0.717, 1.165) is 12.8 Å². The van der Waals surface area contributed by atoms with Crippen molar-refractivity contribution in [3.63, 3.8) is 0 Å². The van der Waals surface area contributed by atoms with Crippen LogP contribution in [-0.2, 0) is 11.3 Å². The first-order valence-electron chi connectivity index (χ1n) is 5.89. The number of nitrogens with zero attached hydrogens (tertiary/aromatic N) is 1. The van der Waals surface area contributed by atoms with Crippen LogP contribution in [0.4, 0.5) is 4.39 Å². The average molecular weight is 235 g/mol. The normalized spacial score (nSPS) is 10.5. The zero-order chi connectivity index (χ0) is 12.7. The standard InChI is InChI=1S/C14H18FNO/c1-11(2)4-3-7-17-10-13-8-14(15)6-5-12(13)9-16/h5-6,8,11H,3-4,7,10H2,1-2H3. The number of rotatable bonds is 6. The van der Waals surface area contributed by atoms with E-state index in [1.54, 1.807) is 0 Å². The molecular weight excluding hydrogens is 217 g/mol. The Labute approximate surface area is 102 Å². The average Bonchev–Trinajstić information content (AvgIpc) is 2.28. The summed E-state index contributed by atoms with van der Waals surface area (Å²) in [6, 6.07) is 6.18. The highest BCUT2D eigenvalue weighted by molar-refractivity contribution is 5.37. The van der Waals surface area contributed by atoms with Crippen molar-refractivity contribution in [2.45, 2.75) is 33.3 Å². The SMILES string of the molecule is CC(C)CCCOCc1cc(F)ccc1C#N. The van der Waals surface area contributed by atoms with E-state index in [2.05, 4.69) is 13.8 Å². The number of nitriles is 1. The molecular formula is C14H18FNO. The first kappa shape index (κ1) is 13.7. The number of hydrogen-bond donors (Lipinski definition) is 0. The molecule has 2 nitrogen and oxygen atoms in total. The van der Waals surface area contributed by atoms with Crippen molar-refractivity contribution >= 4 is 0 Å². The molecule has 3 heteroatoms. The zero-order valence-corrected chi connectivity index (χ0v) is 10.4. The van der Waals surface area contributed by atoms with Gasteiger partial charge in [-0.2, -0.15) is 5.26 Å². The minimum Gasteiger partial charge on any atom is -0.377 e. The Kier molecular flexibility index (Phi) is 5.65. The van der Waals surface area contributed by atoms with E-state index in [1.165, 1.54) is 18.2 Å². The van der Waals surface area contributed by atoms with Gasteiger partial charge in [0.25, 0.3) is 0 Å². The van der Waals surface area contributed by atoms with Gasteiger partial charge in [0.15, 0.2) is 0 Å². The summed E-state index contributed by atoms with van der Waals surface area (Å²) in [6.07, 6.45) is 2.11. The van der Waals surface area contributed by atoms with Crippen LogP contribution in [0.15, 0.2) is 18.2 Å². The molecule has 0 aromatic heterocycles. The van der Waals surface area contributed by atoms with E-state index in [4.69, 9.17) is 10.00 Å². The van der Waals surface area contributed by atoms with Crippen LogP contribution in [0.2, 0.25) is 0 Å². The lowest BCUT2D eigenvalue weighted by Crippen LogP contribution is -2.00. The largest absolute Gasteiger partial charge is 0.377 e. The lowest BCUT2D eigenvalue weighted by Gasteiger charge is -2.07. The molecule has 0 saturated carbocycles. The van der Waals surface area contributed by atoms with Crippen molar-refractivity contribution in [2.24, 2.45) is 5.92 Å². The molecule has 0 saturated heterocycles. The fraction of sp³-hybridized carbons (Fsp3) is 0.500. The summed E-state index contributed by atoms with van der Waals surface area (Å²) >= 11 is 0. The smallest absolute Gasteiger partial charge is 0.123 e. The van der Waals surface area contributed by atoms with Crippen LogP contribution in [0.25, 0.3) is 0 Å². The number of benzene rings is 1. The van der Waals surface area contributed by atoms with Crippen LogP contribution < -0.4 is 0 Å². The molecule has 0 aliphatic rings. The summed E-state index contributed by atoms with van der Waals surface area (Å²) in [5, 5.41) is 8.86. The zero-order valence-electron chi connectivity index (χ0n) is 10.4. The highest BCUT2D eigenvalue weighted by atomic mass is 19.1. The molecule has 0 N–H and O–H groups in total. The predicted molar refractivity (Wildman–Crippen MR) is 64.8 cm³/mol. The maximum Gasteiger partial charge on any atom is 0.123 e. The van der Waals surface area contributed by atoms with Gasteiger partial charge in [-0.3, -0.25) is 0 Å². The van der Waals surface area contributed by atoms with Crippen molar-refractivity contribution < 1.29 is 9.13 Å². The fourth-order valence-electron chi connectivity index (χ4n) is 1.57. The summed E-state index contributed by atoms with van der Waals surface area (Å²) in [5.74, 6) is 0.340. The summed E-state index contributed by atoms with van der Waals surface area (Å²) in [6.45, 7) is 5.29. The van der Waals surface area contributed by atoms with Crippen LogP contribution in [0.5, 0.6) is 0 Å². The lowest BCUT2D eigenvalue weighted by atomic mass is 10.1. The van der Waals surface area contributed by atoms with Gasteiger partial charge in [-0.25, -0.2) is 4.39 Å². The van der Waals surface area contributed by atoms with Crippen molar-refractivity contribution in [3.05, 3.63) is 35.1 Å². The molecule has 0 aliphatic heterocycles. The molecule has 1 aromatic carbocycles. The van der Waals surface area contributed by atoms with Crippen molar-refractivity contribution in [1.82, 2.24) is 0 Å². The summed E-state index contributed by atoms with van der Waals surface area (Å²) in [4.78, 5) is 0. The van der Waals surface area contributed by atoms with E-state index in [-0.39, 0.29) is 5.82 Å². The third-order valence-corrected chi connectivity index (χ3v) is 2.52. The maximum absolute atomic E-state index is 13.0. The van der Waals surface area contributed by atoms with E-state index in [1.807, 2.05) is 6.07 Å². The number of halogens is 1. The van der Waals surface area contributed by atoms with Gasteiger partial charge in [0.1, 0.15) is 5.82 Å².